The summed E-state index contributed by atoms with van der Waals surface area (Å²) >= 11 is 5.05. The van der Waals surface area contributed by atoms with Gasteiger partial charge in [0.1, 0.15) is 0 Å². The smallest absolute Gasteiger partial charge is 0.390 e. The summed E-state index contributed by atoms with van der Waals surface area (Å²) in [4.78, 5) is 13.8. The average Bonchev–Trinajstić information content (AvgIpc) is 2.60. The summed E-state index contributed by atoms with van der Waals surface area (Å²) < 4.78 is 36.8. The number of amides is 1. The minimum absolute atomic E-state index is 0.114. The standard InChI is InChI=1S/C13H21F3N2OS/c1-18(9-8-13(14,15)16)11(19)12(10(17)20)6-4-2-3-5-7-12/h2-9H2,1H3,(H2,17,20). The zero-order valence-electron chi connectivity index (χ0n) is 11.6. The first-order valence-electron chi connectivity index (χ1n) is 6.81. The number of carbonyl (C=O) groups is 1. The van der Waals surface area contributed by atoms with Gasteiger partial charge in [0.05, 0.1) is 16.8 Å². The molecule has 116 valence electrons. The second-order valence-corrected chi connectivity index (χ2v) is 5.89. The van der Waals surface area contributed by atoms with E-state index in [1.165, 1.54) is 7.05 Å². The van der Waals surface area contributed by atoms with E-state index < -0.39 is 18.0 Å². The SMILES string of the molecule is CN(CCC(F)(F)F)C(=O)C1(C(N)=S)CCCCCC1. The third kappa shape index (κ3) is 4.33. The van der Waals surface area contributed by atoms with E-state index in [2.05, 4.69) is 0 Å². The van der Waals surface area contributed by atoms with Crippen molar-refractivity contribution in [2.24, 2.45) is 11.1 Å². The van der Waals surface area contributed by atoms with Gasteiger partial charge in [-0.15, -0.1) is 0 Å². The Morgan fingerprint density at radius 3 is 2.15 bits per heavy atom. The van der Waals surface area contributed by atoms with Crippen LogP contribution in [0.4, 0.5) is 13.2 Å². The number of carbonyl (C=O) groups excluding carboxylic acids is 1. The first-order chi connectivity index (χ1) is 9.19. The molecule has 3 nitrogen and oxygen atoms in total. The zero-order chi connectivity index (χ0) is 15.4. The van der Waals surface area contributed by atoms with Crippen LogP contribution in [0.2, 0.25) is 0 Å². The Bertz CT molecular complexity index is 363. The van der Waals surface area contributed by atoms with E-state index in [-0.39, 0.29) is 17.4 Å². The van der Waals surface area contributed by atoms with E-state index in [0.29, 0.717) is 12.8 Å². The van der Waals surface area contributed by atoms with Gasteiger partial charge in [-0.1, -0.05) is 37.9 Å². The number of hydrogen-bond donors (Lipinski definition) is 1. The van der Waals surface area contributed by atoms with Crippen LogP contribution in [0.1, 0.15) is 44.9 Å². The van der Waals surface area contributed by atoms with Crippen LogP contribution in [-0.2, 0) is 4.79 Å². The van der Waals surface area contributed by atoms with Crippen molar-refractivity contribution in [1.82, 2.24) is 4.90 Å². The molecule has 1 rings (SSSR count). The van der Waals surface area contributed by atoms with Crippen molar-refractivity contribution in [3.8, 4) is 0 Å². The summed E-state index contributed by atoms with van der Waals surface area (Å²) in [6.45, 7) is -0.354. The molecular formula is C13H21F3N2OS. The van der Waals surface area contributed by atoms with Crippen LogP contribution < -0.4 is 5.73 Å². The molecule has 20 heavy (non-hydrogen) atoms. The minimum Gasteiger partial charge on any atom is -0.392 e. The van der Waals surface area contributed by atoms with Crippen molar-refractivity contribution in [3.05, 3.63) is 0 Å². The topological polar surface area (TPSA) is 46.3 Å². The second kappa shape index (κ2) is 6.74. The number of thiocarbonyl (C=S) groups is 1. The van der Waals surface area contributed by atoms with Gasteiger partial charge in [0, 0.05) is 13.6 Å². The Labute approximate surface area is 122 Å². The van der Waals surface area contributed by atoms with Gasteiger partial charge in [0.2, 0.25) is 5.91 Å². The van der Waals surface area contributed by atoms with E-state index in [1.54, 1.807) is 0 Å². The molecule has 0 aromatic carbocycles. The van der Waals surface area contributed by atoms with Crippen LogP contribution in [0, 0.1) is 5.41 Å². The van der Waals surface area contributed by atoms with Crippen LogP contribution in [0.5, 0.6) is 0 Å². The number of nitrogens with two attached hydrogens (primary N) is 1. The molecule has 0 saturated heterocycles. The first kappa shape index (κ1) is 17.2. The van der Waals surface area contributed by atoms with Gasteiger partial charge in [-0.05, 0) is 12.8 Å². The van der Waals surface area contributed by atoms with Crippen molar-refractivity contribution >= 4 is 23.1 Å². The highest BCUT2D eigenvalue weighted by Gasteiger charge is 2.43. The number of halogens is 3. The van der Waals surface area contributed by atoms with Gasteiger partial charge < -0.3 is 10.6 Å². The molecule has 1 aliphatic rings. The van der Waals surface area contributed by atoms with Crippen molar-refractivity contribution in [2.45, 2.75) is 51.1 Å². The van der Waals surface area contributed by atoms with Gasteiger partial charge in [0.15, 0.2) is 0 Å². The highest BCUT2D eigenvalue weighted by atomic mass is 32.1. The van der Waals surface area contributed by atoms with Crippen LogP contribution in [0.25, 0.3) is 0 Å². The molecule has 0 unspecified atom stereocenters. The molecule has 0 aliphatic heterocycles. The Kier molecular flexibility index (Phi) is 5.79. The van der Waals surface area contributed by atoms with Gasteiger partial charge >= 0.3 is 6.18 Å². The van der Waals surface area contributed by atoms with Crippen molar-refractivity contribution in [1.29, 1.82) is 0 Å². The Hall–Kier alpha value is -0.850. The molecule has 7 heteroatoms. The van der Waals surface area contributed by atoms with Gasteiger partial charge in [0.25, 0.3) is 0 Å². The summed E-state index contributed by atoms with van der Waals surface area (Å²) in [6.07, 6.45) is -0.535. The molecular weight excluding hydrogens is 289 g/mol. The molecule has 0 radical (unpaired) electrons. The molecule has 0 heterocycles. The van der Waals surface area contributed by atoms with Crippen LogP contribution in [0.3, 0.4) is 0 Å². The zero-order valence-corrected chi connectivity index (χ0v) is 12.4. The van der Waals surface area contributed by atoms with Crippen LogP contribution >= 0.6 is 12.2 Å². The fraction of sp³-hybridized carbons (Fsp3) is 0.846. The largest absolute Gasteiger partial charge is 0.392 e. The molecule has 1 aliphatic carbocycles. The third-order valence-electron chi connectivity index (χ3n) is 3.92. The third-order valence-corrected chi connectivity index (χ3v) is 4.31. The Balaban J connectivity index is 2.80. The summed E-state index contributed by atoms with van der Waals surface area (Å²) in [6, 6.07) is 0. The monoisotopic (exact) mass is 310 g/mol. The molecule has 0 atom stereocenters. The number of nitrogens with zero attached hydrogens (tertiary/aromatic N) is 1. The van der Waals surface area contributed by atoms with Crippen molar-refractivity contribution < 1.29 is 18.0 Å². The maximum Gasteiger partial charge on any atom is 0.390 e. The van der Waals surface area contributed by atoms with E-state index in [4.69, 9.17) is 18.0 Å². The van der Waals surface area contributed by atoms with Crippen molar-refractivity contribution in [2.75, 3.05) is 13.6 Å². The maximum absolute atomic E-state index is 12.5. The van der Waals surface area contributed by atoms with Crippen LogP contribution in [0.15, 0.2) is 0 Å². The Morgan fingerprint density at radius 1 is 1.25 bits per heavy atom. The second-order valence-electron chi connectivity index (χ2n) is 5.45. The number of hydrogen-bond acceptors (Lipinski definition) is 2. The fourth-order valence-electron chi connectivity index (χ4n) is 2.66. The lowest BCUT2D eigenvalue weighted by atomic mass is 9.79. The fourth-order valence-corrected chi connectivity index (χ4v) is 2.95. The highest BCUT2D eigenvalue weighted by Crippen LogP contribution is 2.37. The van der Waals surface area contributed by atoms with E-state index in [0.717, 1.165) is 30.6 Å². The lowest BCUT2D eigenvalue weighted by molar-refractivity contribution is -0.148. The van der Waals surface area contributed by atoms with Crippen LogP contribution in [-0.4, -0.2) is 35.6 Å². The molecule has 0 spiro atoms. The minimum atomic E-state index is -4.27. The lowest BCUT2D eigenvalue weighted by Crippen LogP contribution is -2.49. The van der Waals surface area contributed by atoms with Crippen molar-refractivity contribution in [3.63, 3.8) is 0 Å². The highest BCUT2D eigenvalue weighted by molar-refractivity contribution is 7.80. The summed E-state index contributed by atoms with van der Waals surface area (Å²) in [5, 5.41) is 0. The van der Waals surface area contributed by atoms with Gasteiger partial charge in [-0.3, -0.25) is 4.79 Å². The Morgan fingerprint density at radius 2 is 1.75 bits per heavy atom. The average molecular weight is 310 g/mol. The van der Waals surface area contributed by atoms with Gasteiger partial charge in [-0.25, -0.2) is 0 Å². The normalized spacial score (nSPS) is 19.2. The number of rotatable bonds is 4. The predicted octanol–water partition coefficient (Wildman–Crippen LogP) is 3.02. The first-order valence-corrected chi connectivity index (χ1v) is 7.22. The van der Waals surface area contributed by atoms with E-state index in [1.807, 2.05) is 0 Å². The van der Waals surface area contributed by atoms with Gasteiger partial charge in [-0.2, -0.15) is 13.2 Å². The molecule has 1 amide bonds. The van der Waals surface area contributed by atoms with E-state index >= 15 is 0 Å². The molecule has 0 aromatic heterocycles. The maximum atomic E-state index is 12.5. The molecule has 1 fully saturated rings. The summed E-state index contributed by atoms with van der Waals surface area (Å²) in [5.74, 6) is -0.365. The molecule has 0 bridgehead atoms. The summed E-state index contributed by atoms with van der Waals surface area (Å²) in [5.41, 5.74) is 4.80. The number of alkyl halides is 3. The predicted molar refractivity (Wildman–Crippen MR) is 75.2 cm³/mol. The molecule has 2 N–H and O–H groups in total. The quantitative estimate of drug-likeness (QED) is 0.641. The molecule has 0 aromatic rings. The van der Waals surface area contributed by atoms with E-state index in [9.17, 15) is 18.0 Å². The molecule has 1 saturated carbocycles. The summed E-state index contributed by atoms with van der Waals surface area (Å²) in [7, 11) is 1.39. The lowest BCUT2D eigenvalue weighted by Gasteiger charge is -2.34.